The van der Waals surface area contributed by atoms with E-state index >= 15 is 0 Å². The lowest BCUT2D eigenvalue weighted by atomic mass is 10.0. The molecule has 2 aromatic carbocycles. The van der Waals surface area contributed by atoms with Crippen LogP contribution in [0.4, 0.5) is 4.79 Å². The lowest BCUT2D eigenvalue weighted by Crippen LogP contribution is -1.89. The van der Waals surface area contributed by atoms with Crippen LogP contribution in [0.3, 0.4) is 0 Å². The Morgan fingerprint density at radius 1 is 0.833 bits per heavy atom. The van der Waals surface area contributed by atoms with Gasteiger partial charge in [-0.2, -0.15) is 0 Å². The Hall–Kier alpha value is -1.80. The predicted molar refractivity (Wildman–Crippen MR) is 74.2 cm³/mol. The lowest BCUT2D eigenvalue weighted by molar-refractivity contribution is 0.220. The number of benzene rings is 2. The molecule has 0 amide bonds. The van der Waals surface area contributed by atoms with Gasteiger partial charge in [-0.05, 0) is 24.0 Å². The van der Waals surface area contributed by atoms with E-state index < -0.39 is 5.43 Å². The molecule has 0 saturated heterocycles. The average Bonchev–Trinajstić information content (AvgIpc) is 2.38. The molecule has 1 N–H and O–H groups in total. The van der Waals surface area contributed by atoms with E-state index in [4.69, 9.17) is 9.90 Å². The zero-order valence-electron chi connectivity index (χ0n) is 9.92. The second-order valence-corrected chi connectivity index (χ2v) is 4.05. The maximum atomic E-state index is 8.77. The zero-order chi connectivity index (χ0) is 13.2. The number of hydrogen-bond donors (Lipinski definition) is 1. The fraction of sp³-hybridized carbons (Fsp3) is 0.133. The van der Waals surface area contributed by atoms with Crippen molar-refractivity contribution in [3.63, 3.8) is 0 Å². The lowest BCUT2D eigenvalue weighted by Gasteiger charge is -2.01. The molecule has 0 radical (unpaired) electrons. The molecule has 0 bridgehead atoms. The molecule has 0 aliphatic carbocycles. The summed E-state index contributed by atoms with van der Waals surface area (Å²) in [5.41, 5.74) is 1.47. The molecular formula is C15H15ClO2. The van der Waals surface area contributed by atoms with Crippen LogP contribution in [0.5, 0.6) is 0 Å². The minimum Gasteiger partial charge on any atom is -0.469 e. The maximum Gasteiger partial charge on any atom is 0.401 e. The molecule has 2 rings (SSSR count). The van der Waals surface area contributed by atoms with Gasteiger partial charge in [-0.1, -0.05) is 60.7 Å². The van der Waals surface area contributed by atoms with Crippen LogP contribution >= 0.6 is 11.6 Å². The van der Waals surface area contributed by atoms with E-state index in [1.165, 1.54) is 11.1 Å². The van der Waals surface area contributed by atoms with Crippen LogP contribution in [0.1, 0.15) is 11.1 Å². The van der Waals surface area contributed by atoms with Crippen LogP contribution in [0, 0.1) is 0 Å². The van der Waals surface area contributed by atoms with Crippen LogP contribution in [-0.4, -0.2) is 10.5 Å². The summed E-state index contributed by atoms with van der Waals surface area (Å²) in [4.78, 5) is 8.77. The molecule has 0 aliphatic heterocycles. The highest BCUT2D eigenvalue weighted by atomic mass is 35.5. The summed E-state index contributed by atoms with van der Waals surface area (Å²) >= 11 is 4.19. The molecule has 0 unspecified atom stereocenters. The molecule has 0 atom stereocenters. The van der Waals surface area contributed by atoms with Crippen LogP contribution < -0.4 is 0 Å². The first kappa shape index (κ1) is 14.3. The monoisotopic (exact) mass is 262 g/mol. The third kappa shape index (κ3) is 6.71. The highest BCUT2D eigenvalue weighted by molar-refractivity contribution is 6.60. The molecule has 3 heteroatoms. The van der Waals surface area contributed by atoms with Crippen molar-refractivity contribution in [2.75, 3.05) is 0 Å². The van der Waals surface area contributed by atoms with Crippen molar-refractivity contribution in [3.05, 3.63) is 71.8 Å². The summed E-state index contributed by atoms with van der Waals surface area (Å²) < 4.78 is 0. The second kappa shape index (κ2) is 8.31. The summed E-state index contributed by atoms with van der Waals surface area (Å²) in [5.74, 6) is 0. The van der Waals surface area contributed by atoms with Gasteiger partial charge in [-0.25, -0.2) is 4.79 Å². The van der Waals surface area contributed by atoms with E-state index in [9.17, 15) is 0 Å². The number of carbonyl (C=O) groups is 1. The van der Waals surface area contributed by atoms with E-state index in [0.717, 1.165) is 12.8 Å². The molecule has 0 heterocycles. The average molecular weight is 263 g/mol. The quantitative estimate of drug-likeness (QED) is 0.834. The van der Waals surface area contributed by atoms with Crippen LogP contribution in [0.25, 0.3) is 0 Å². The Kier molecular flexibility index (Phi) is 6.59. The molecule has 94 valence electrons. The van der Waals surface area contributed by atoms with Crippen LogP contribution in [0.15, 0.2) is 60.7 Å². The van der Waals surface area contributed by atoms with Gasteiger partial charge in [0.2, 0.25) is 0 Å². The number of hydrogen-bond acceptors (Lipinski definition) is 1. The minimum absolute atomic E-state index is 1.13. The van der Waals surface area contributed by atoms with Crippen molar-refractivity contribution in [1.82, 2.24) is 0 Å². The highest BCUT2D eigenvalue weighted by Gasteiger charge is 1.93. The molecule has 0 saturated carbocycles. The first-order chi connectivity index (χ1) is 8.68. The van der Waals surface area contributed by atoms with Gasteiger partial charge in [0.05, 0.1) is 0 Å². The number of rotatable bonds is 3. The third-order valence-corrected chi connectivity index (χ3v) is 2.39. The van der Waals surface area contributed by atoms with Crippen molar-refractivity contribution in [2.24, 2.45) is 0 Å². The van der Waals surface area contributed by atoms with Crippen molar-refractivity contribution >= 4 is 17.0 Å². The highest BCUT2D eigenvalue weighted by Crippen LogP contribution is 2.06. The van der Waals surface area contributed by atoms with Gasteiger partial charge in [-0.3, -0.25) is 0 Å². The smallest absolute Gasteiger partial charge is 0.401 e. The van der Waals surface area contributed by atoms with Gasteiger partial charge in [-0.15, -0.1) is 0 Å². The van der Waals surface area contributed by atoms with E-state index in [1.807, 2.05) is 0 Å². The number of aryl methyl sites for hydroxylation is 2. The molecule has 18 heavy (non-hydrogen) atoms. The summed E-state index contributed by atoms with van der Waals surface area (Å²) in [6, 6.07) is 21.2. The molecular weight excluding hydrogens is 248 g/mol. The maximum absolute atomic E-state index is 8.77. The molecule has 0 aromatic heterocycles. The molecule has 0 aliphatic rings. The van der Waals surface area contributed by atoms with Crippen molar-refractivity contribution in [1.29, 1.82) is 0 Å². The largest absolute Gasteiger partial charge is 0.469 e. The number of carboxylic acid groups (broad SMARTS) is 1. The molecule has 0 spiro atoms. The molecule has 0 fully saturated rings. The normalized spacial score (nSPS) is 9.17. The van der Waals surface area contributed by atoms with E-state index in [1.54, 1.807) is 0 Å². The molecule has 2 aromatic rings. The summed E-state index contributed by atoms with van der Waals surface area (Å²) in [7, 11) is 0. The first-order valence-electron chi connectivity index (χ1n) is 5.65. The Bertz CT molecular complexity index is 411. The van der Waals surface area contributed by atoms with Crippen LogP contribution in [-0.2, 0) is 12.8 Å². The third-order valence-electron chi connectivity index (χ3n) is 2.39. The standard InChI is InChI=1S/C14H14.CHClO2/c1-3-7-13(8-4-1)11-12-14-9-5-2-6-10-14;2-1(3)4/h1-10H,11-12H2;(H,3,4). The summed E-state index contributed by atoms with van der Waals surface area (Å²) in [6.45, 7) is 0. The predicted octanol–water partition coefficient (Wildman–Crippen LogP) is 4.38. The minimum atomic E-state index is -1.36. The van der Waals surface area contributed by atoms with E-state index in [0.29, 0.717) is 0 Å². The van der Waals surface area contributed by atoms with E-state index in [-0.39, 0.29) is 0 Å². The summed E-state index contributed by atoms with van der Waals surface area (Å²) in [6.07, 6.45) is 2.26. The van der Waals surface area contributed by atoms with Gasteiger partial charge in [0.25, 0.3) is 0 Å². The van der Waals surface area contributed by atoms with Gasteiger partial charge in [0, 0.05) is 11.6 Å². The van der Waals surface area contributed by atoms with Gasteiger partial charge < -0.3 is 5.11 Å². The number of halogens is 1. The molecule has 2 nitrogen and oxygen atoms in total. The Morgan fingerprint density at radius 3 is 1.39 bits per heavy atom. The fourth-order valence-corrected chi connectivity index (χ4v) is 1.58. The zero-order valence-corrected chi connectivity index (χ0v) is 10.7. The Labute approximate surface area is 112 Å². The van der Waals surface area contributed by atoms with Gasteiger partial charge in [0.1, 0.15) is 0 Å². The van der Waals surface area contributed by atoms with E-state index in [2.05, 4.69) is 72.3 Å². The first-order valence-corrected chi connectivity index (χ1v) is 6.02. The van der Waals surface area contributed by atoms with Crippen molar-refractivity contribution in [3.8, 4) is 0 Å². The van der Waals surface area contributed by atoms with Gasteiger partial charge >= 0.3 is 5.43 Å². The Balaban J connectivity index is 0.000000357. The Morgan fingerprint density at radius 2 is 1.11 bits per heavy atom. The van der Waals surface area contributed by atoms with Crippen molar-refractivity contribution < 1.29 is 9.90 Å². The SMILES string of the molecule is O=C(O)Cl.c1ccc(CCc2ccccc2)cc1. The fourth-order valence-electron chi connectivity index (χ4n) is 1.58. The van der Waals surface area contributed by atoms with Crippen LogP contribution in [0.2, 0.25) is 0 Å². The van der Waals surface area contributed by atoms with Crippen molar-refractivity contribution in [2.45, 2.75) is 12.8 Å². The summed E-state index contributed by atoms with van der Waals surface area (Å²) in [5, 5.41) is 7.18. The van der Waals surface area contributed by atoms with Gasteiger partial charge in [0.15, 0.2) is 0 Å². The second-order valence-electron chi connectivity index (χ2n) is 3.72. The topological polar surface area (TPSA) is 37.3 Å².